The molecule has 0 heterocycles. The minimum atomic E-state index is -3.13. The molecule has 0 atom stereocenters. The SMILES string of the molecule is CS(=O)(=O)NCCCNCc1ccc(O)c(F)c1. The molecule has 18 heavy (non-hydrogen) atoms. The van der Waals surface area contributed by atoms with Gasteiger partial charge in [-0.3, -0.25) is 0 Å². The average molecular weight is 276 g/mol. The van der Waals surface area contributed by atoms with Gasteiger partial charge < -0.3 is 10.4 Å². The highest BCUT2D eigenvalue weighted by atomic mass is 32.2. The molecule has 0 saturated heterocycles. The lowest BCUT2D eigenvalue weighted by Gasteiger charge is -2.06. The van der Waals surface area contributed by atoms with E-state index in [9.17, 15) is 12.8 Å². The molecule has 0 aliphatic carbocycles. The van der Waals surface area contributed by atoms with Gasteiger partial charge in [-0.2, -0.15) is 0 Å². The fourth-order valence-electron chi connectivity index (χ4n) is 1.36. The maximum atomic E-state index is 13.0. The Balaban J connectivity index is 2.20. The molecule has 0 aliphatic heterocycles. The summed E-state index contributed by atoms with van der Waals surface area (Å²) in [5.74, 6) is -1.01. The van der Waals surface area contributed by atoms with Gasteiger partial charge >= 0.3 is 0 Å². The number of phenolic OH excluding ortho intramolecular Hbond substituents is 1. The van der Waals surface area contributed by atoms with E-state index in [-0.39, 0.29) is 5.75 Å². The third-order valence-electron chi connectivity index (χ3n) is 2.24. The van der Waals surface area contributed by atoms with Crippen LogP contribution in [0.5, 0.6) is 5.75 Å². The maximum absolute atomic E-state index is 13.0. The van der Waals surface area contributed by atoms with Crippen LogP contribution in [-0.2, 0) is 16.6 Å². The van der Waals surface area contributed by atoms with Crippen molar-refractivity contribution < 1.29 is 17.9 Å². The molecule has 0 fully saturated rings. The monoisotopic (exact) mass is 276 g/mol. The first-order chi connectivity index (χ1) is 8.38. The number of phenols is 1. The molecule has 0 amide bonds. The van der Waals surface area contributed by atoms with Gasteiger partial charge in [-0.1, -0.05) is 6.07 Å². The molecule has 7 heteroatoms. The van der Waals surface area contributed by atoms with Crippen LogP contribution in [0.2, 0.25) is 0 Å². The molecule has 3 N–H and O–H groups in total. The number of benzene rings is 1. The Kier molecular flexibility index (Phi) is 5.52. The zero-order valence-corrected chi connectivity index (χ0v) is 10.9. The number of sulfonamides is 1. The molecular formula is C11H17FN2O3S. The Hall–Kier alpha value is -1.18. The van der Waals surface area contributed by atoms with Gasteiger partial charge in [0.15, 0.2) is 11.6 Å². The van der Waals surface area contributed by atoms with E-state index in [1.54, 1.807) is 6.07 Å². The van der Waals surface area contributed by atoms with Crippen molar-refractivity contribution in [2.75, 3.05) is 19.3 Å². The molecule has 0 spiro atoms. The lowest BCUT2D eigenvalue weighted by molar-refractivity contribution is 0.431. The highest BCUT2D eigenvalue weighted by Crippen LogP contribution is 2.15. The van der Waals surface area contributed by atoms with E-state index in [1.807, 2.05) is 0 Å². The van der Waals surface area contributed by atoms with E-state index in [0.29, 0.717) is 26.1 Å². The Bertz CT molecular complexity index is 491. The maximum Gasteiger partial charge on any atom is 0.208 e. The summed E-state index contributed by atoms with van der Waals surface area (Å²) in [7, 11) is -3.13. The first kappa shape index (κ1) is 14.9. The van der Waals surface area contributed by atoms with Gasteiger partial charge in [-0.15, -0.1) is 0 Å². The van der Waals surface area contributed by atoms with Crippen LogP contribution in [0.1, 0.15) is 12.0 Å². The molecule has 102 valence electrons. The molecule has 0 aromatic heterocycles. The third kappa shape index (κ3) is 5.95. The van der Waals surface area contributed by atoms with Crippen LogP contribution >= 0.6 is 0 Å². The number of halogens is 1. The highest BCUT2D eigenvalue weighted by Gasteiger charge is 2.01. The summed E-state index contributed by atoms with van der Waals surface area (Å²) in [6, 6.07) is 4.19. The molecule has 0 saturated carbocycles. The molecule has 1 rings (SSSR count). The molecular weight excluding hydrogens is 259 g/mol. The van der Waals surface area contributed by atoms with Crippen LogP contribution in [0.25, 0.3) is 0 Å². The number of hydrogen-bond donors (Lipinski definition) is 3. The van der Waals surface area contributed by atoms with E-state index in [0.717, 1.165) is 11.8 Å². The predicted molar refractivity (Wildman–Crippen MR) is 67.2 cm³/mol. The van der Waals surface area contributed by atoms with Gasteiger partial charge in [0, 0.05) is 13.1 Å². The van der Waals surface area contributed by atoms with Crippen molar-refractivity contribution in [1.29, 1.82) is 0 Å². The zero-order valence-electron chi connectivity index (χ0n) is 10.1. The van der Waals surface area contributed by atoms with Crippen LogP contribution in [0.3, 0.4) is 0 Å². The fourth-order valence-corrected chi connectivity index (χ4v) is 1.88. The van der Waals surface area contributed by atoms with Gasteiger partial charge in [0.2, 0.25) is 10.0 Å². The topological polar surface area (TPSA) is 78.4 Å². The van der Waals surface area contributed by atoms with Crippen LogP contribution in [-0.4, -0.2) is 32.9 Å². The van der Waals surface area contributed by atoms with E-state index >= 15 is 0 Å². The number of hydrogen-bond acceptors (Lipinski definition) is 4. The molecule has 0 bridgehead atoms. The van der Waals surface area contributed by atoms with Crippen LogP contribution in [0.15, 0.2) is 18.2 Å². The Morgan fingerprint density at radius 1 is 1.33 bits per heavy atom. The van der Waals surface area contributed by atoms with Crippen molar-refractivity contribution in [3.05, 3.63) is 29.6 Å². The first-order valence-corrected chi connectivity index (χ1v) is 7.40. The number of nitrogens with one attached hydrogen (secondary N) is 2. The lowest BCUT2D eigenvalue weighted by atomic mass is 10.2. The Labute approximate surface area is 106 Å². The quantitative estimate of drug-likeness (QED) is 0.636. The first-order valence-electron chi connectivity index (χ1n) is 5.51. The third-order valence-corrected chi connectivity index (χ3v) is 2.96. The molecule has 0 radical (unpaired) electrons. The standard InChI is InChI=1S/C11H17FN2O3S/c1-18(16,17)14-6-2-5-13-8-9-3-4-11(15)10(12)7-9/h3-4,7,13-15H,2,5-6,8H2,1H3. The van der Waals surface area contributed by atoms with Crippen molar-refractivity contribution in [1.82, 2.24) is 10.0 Å². The molecule has 5 nitrogen and oxygen atoms in total. The summed E-state index contributed by atoms with van der Waals surface area (Å²) in [6.45, 7) is 1.46. The number of rotatable bonds is 7. The van der Waals surface area contributed by atoms with E-state index in [2.05, 4.69) is 10.0 Å². The van der Waals surface area contributed by atoms with Crippen LogP contribution in [0, 0.1) is 5.82 Å². The van der Waals surface area contributed by atoms with Crippen molar-refractivity contribution >= 4 is 10.0 Å². The normalized spacial score (nSPS) is 11.7. The van der Waals surface area contributed by atoms with E-state index < -0.39 is 15.8 Å². The minimum Gasteiger partial charge on any atom is -0.505 e. The summed E-state index contributed by atoms with van der Waals surface area (Å²) in [4.78, 5) is 0. The highest BCUT2D eigenvalue weighted by molar-refractivity contribution is 7.88. The van der Waals surface area contributed by atoms with Crippen LogP contribution in [0.4, 0.5) is 4.39 Å². The van der Waals surface area contributed by atoms with Crippen molar-refractivity contribution in [3.8, 4) is 5.75 Å². The second kappa shape index (κ2) is 6.67. The number of aromatic hydroxyl groups is 1. The second-order valence-corrected chi connectivity index (χ2v) is 5.82. The summed E-state index contributed by atoms with van der Waals surface area (Å²) in [6.07, 6.45) is 1.76. The van der Waals surface area contributed by atoms with Gasteiger partial charge in [-0.25, -0.2) is 17.5 Å². The van der Waals surface area contributed by atoms with Gasteiger partial charge in [-0.05, 0) is 30.7 Å². The fraction of sp³-hybridized carbons (Fsp3) is 0.455. The molecule has 0 unspecified atom stereocenters. The average Bonchev–Trinajstić information content (AvgIpc) is 2.26. The summed E-state index contributed by atoms with van der Waals surface area (Å²) in [5.41, 5.74) is 0.723. The van der Waals surface area contributed by atoms with E-state index in [4.69, 9.17) is 5.11 Å². The second-order valence-electron chi connectivity index (χ2n) is 3.98. The van der Waals surface area contributed by atoms with Crippen molar-refractivity contribution in [2.24, 2.45) is 0 Å². The summed E-state index contributed by atoms with van der Waals surface area (Å²) in [5, 5.41) is 12.1. The lowest BCUT2D eigenvalue weighted by Crippen LogP contribution is -2.26. The smallest absolute Gasteiger partial charge is 0.208 e. The van der Waals surface area contributed by atoms with Crippen molar-refractivity contribution in [2.45, 2.75) is 13.0 Å². The van der Waals surface area contributed by atoms with Gasteiger partial charge in [0.1, 0.15) is 0 Å². The molecule has 0 aliphatic rings. The Morgan fingerprint density at radius 3 is 2.67 bits per heavy atom. The van der Waals surface area contributed by atoms with Crippen molar-refractivity contribution in [3.63, 3.8) is 0 Å². The van der Waals surface area contributed by atoms with Gasteiger partial charge in [0.25, 0.3) is 0 Å². The summed E-state index contributed by atoms with van der Waals surface area (Å²) < 4.78 is 36.9. The summed E-state index contributed by atoms with van der Waals surface area (Å²) >= 11 is 0. The largest absolute Gasteiger partial charge is 0.505 e. The van der Waals surface area contributed by atoms with E-state index in [1.165, 1.54) is 12.1 Å². The van der Waals surface area contributed by atoms with Gasteiger partial charge in [0.05, 0.1) is 6.26 Å². The molecule has 1 aromatic carbocycles. The Morgan fingerprint density at radius 2 is 2.06 bits per heavy atom. The van der Waals surface area contributed by atoms with Crippen LogP contribution < -0.4 is 10.0 Å². The minimum absolute atomic E-state index is 0.365. The zero-order chi connectivity index (χ0) is 13.6. The molecule has 1 aromatic rings. The predicted octanol–water partition coefficient (Wildman–Crippen LogP) is 0.560.